The molecule has 57 heavy (non-hydrogen) atoms. The average Bonchev–Trinajstić information content (AvgIpc) is 3.92. The minimum Gasteiger partial charge on any atom is -0.480 e. The first kappa shape index (κ1) is 42.2. The SMILES string of the molecule is CC(C)(C)OC(=O)N1CCC(NC(=O)C(=O)NC[C@H](NC(=O)c2ccc(Nc3nc(NC4(c5ccc(Cl)cc5)CC4)nc(OCC(F)(F)F)n3)cc2)C(=O)O)CC1. The first-order valence-electron chi connectivity index (χ1n) is 17.7. The van der Waals surface area contributed by atoms with Crippen LogP contribution in [-0.4, -0.2) is 105 Å². The van der Waals surface area contributed by atoms with Crippen molar-refractivity contribution in [2.45, 2.75) is 75.9 Å². The van der Waals surface area contributed by atoms with E-state index in [1.807, 2.05) is 12.1 Å². The van der Waals surface area contributed by atoms with Gasteiger partial charge >= 0.3 is 36.1 Å². The quantitative estimate of drug-likeness (QED) is 0.134. The number of halogens is 4. The number of aliphatic carboxylic acids is 1. The van der Waals surface area contributed by atoms with Gasteiger partial charge in [-0.2, -0.15) is 28.1 Å². The van der Waals surface area contributed by atoms with E-state index in [0.29, 0.717) is 49.5 Å². The van der Waals surface area contributed by atoms with Gasteiger partial charge in [0.15, 0.2) is 6.61 Å². The smallest absolute Gasteiger partial charge is 0.422 e. The highest BCUT2D eigenvalue weighted by Crippen LogP contribution is 2.48. The van der Waals surface area contributed by atoms with Crippen LogP contribution in [0.25, 0.3) is 0 Å². The third kappa shape index (κ3) is 12.5. The fraction of sp³-hybridized carbons (Fsp3) is 0.444. The summed E-state index contributed by atoms with van der Waals surface area (Å²) in [7, 11) is 0. The van der Waals surface area contributed by atoms with Gasteiger partial charge in [-0.15, -0.1) is 0 Å². The van der Waals surface area contributed by atoms with Crippen molar-refractivity contribution in [1.82, 2.24) is 35.8 Å². The molecule has 1 saturated heterocycles. The van der Waals surface area contributed by atoms with Crippen molar-refractivity contribution in [1.29, 1.82) is 0 Å². The molecule has 3 aromatic rings. The van der Waals surface area contributed by atoms with Crippen molar-refractivity contribution >= 4 is 59.0 Å². The predicted octanol–water partition coefficient (Wildman–Crippen LogP) is 4.13. The van der Waals surface area contributed by atoms with Crippen molar-refractivity contribution in [2.75, 3.05) is 36.9 Å². The van der Waals surface area contributed by atoms with Crippen LogP contribution in [0.1, 0.15) is 62.4 Å². The highest BCUT2D eigenvalue weighted by molar-refractivity contribution is 6.35. The van der Waals surface area contributed by atoms with Gasteiger partial charge in [-0.05, 0) is 88.4 Å². The summed E-state index contributed by atoms with van der Waals surface area (Å²) in [5, 5.41) is 23.3. The summed E-state index contributed by atoms with van der Waals surface area (Å²) < 4.78 is 49.0. The number of ether oxygens (including phenoxy) is 2. The Morgan fingerprint density at radius 3 is 2.14 bits per heavy atom. The van der Waals surface area contributed by atoms with E-state index in [-0.39, 0.29) is 17.5 Å². The number of nitrogens with zero attached hydrogens (tertiary/aromatic N) is 4. The number of nitrogens with one attached hydrogen (secondary N) is 5. The molecule has 0 spiro atoms. The Kier molecular flexibility index (Phi) is 12.9. The summed E-state index contributed by atoms with van der Waals surface area (Å²) in [6.45, 7) is 3.59. The molecular weight excluding hydrogens is 779 g/mol. The number of alkyl halides is 3. The summed E-state index contributed by atoms with van der Waals surface area (Å²) in [5.74, 6) is -4.65. The van der Waals surface area contributed by atoms with Crippen LogP contribution in [0.5, 0.6) is 6.01 Å². The van der Waals surface area contributed by atoms with Gasteiger partial charge in [-0.25, -0.2) is 9.59 Å². The number of piperidine rings is 1. The number of amides is 4. The number of carboxylic acid groups (broad SMARTS) is 1. The number of hydrogen-bond donors (Lipinski definition) is 6. The molecule has 306 valence electrons. The number of carbonyl (C=O) groups is 5. The van der Waals surface area contributed by atoms with Gasteiger partial charge in [0.1, 0.15) is 11.6 Å². The van der Waals surface area contributed by atoms with Crippen LogP contribution >= 0.6 is 11.6 Å². The van der Waals surface area contributed by atoms with Crippen molar-refractivity contribution in [2.24, 2.45) is 0 Å². The number of rotatable bonds is 13. The predicted molar refractivity (Wildman–Crippen MR) is 198 cm³/mol. The van der Waals surface area contributed by atoms with Crippen LogP contribution in [-0.2, 0) is 24.7 Å². The molecular formula is C36H41ClF3N9O8. The molecule has 1 aliphatic heterocycles. The topological polar surface area (TPSA) is 226 Å². The molecule has 2 heterocycles. The molecule has 4 amide bonds. The monoisotopic (exact) mass is 819 g/mol. The van der Waals surface area contributed by atoms with Crippen LogP contribution in [0.2, 0.25) is 5.02 Å². The molecule has 5 rings (SSSR count). The van der Waals surface area contributed by atoms with E-state index >= 15 is 0 Å². The van der Waals surface area contributed by atoms with Crippen molar-refractivity contribution in [3.63, 3.8) is 0 Å². The lowest BCUT2D eigenvalue weighted by atomic mass is 10.1. The van der Waals surface area contributed by atoms with Gasteiger partial charge in [0.25, 0.3) is 5.91 Å². The lowest BCUT2D eigenvalue weighted by molar-refractivity contribution is -0.154. The van der Waals surface area contributed by atoms with Gasteiger partial charge in [0, 0.05) is 41.9 Å². The molecule has 2 aromatic carbocycles. The lowest BCUT2D eigenvalue weighted by Crippen LogP contribution is -2.53. The second-order valence-corrected chi connectivity index (χ2v) is 14.8. The maximum atomic E-state index is 13.0. The van der Waals surface area contributed by atoms with Crippen molar-refractivity contribution < 1.29 is 51.7 Å². The maximum absolute atomic E-state index is 13.0. The number of anilines is 3. The zero-order chi connectivity index (χ0) is 41.5. The first-order chi connectivity index (χ1) is 26.8. The number of hydrogen-bond acceptors (Lipinski definition) is 12. The van der Waals surface area contributed by atoms with Crippen LogP contribution in [0.15, 0.2) is 48.5 Å². The minimum atomic E-state index is -4.66. The van der Waals surface area contributed by atoms with Gasteiger partial charge in [-0.3, -0.25) is 14.4 Å². The van der Waals surface area contributed by atoms with Crippen LogP contribution in [0.3, 0.4) is 0 Å². The highest BCUT2D eigenvalue weighted by Gasteiger charge is 2.45. The molecule has 21 heteroatoms. The molecule has 17 nitrogen and oxygen atoms in total. The van der Waals surface area contributed by atoms with Crippen LogP contribution in [0.4, 0.5) is 35.5 Å². The second-order valence-electron chi connectivity index (χ2n) is 14.4. The Labute approximate surface area is 329 Å². The molecule has 6 N–H and O–H groups in total. The minimum absolute atomic E-state index is 0.0134. The maximum Gasteiger partial charge on any atom is 0.422 e. The third-order valence-electron chi connectivity index (χ3n) is 8.64. The van der Waals surface area contributed by atoms with E-state index in [1.54, 1.807) is 32.9 Å². The zero-order valence-corrected chi connectivity index (χ0v) is 31.8. The Hall–Kier alpha value is -5.92. The molecule has 0 unspecified atom stereocenters. The highest BCUT2D eigenvalue weighted by atomic mass is 35.5. The third-order valence-corrected chi connectivity index (χ3v) is 8.89. The molecule has 0 radical (unpaired) electrons. The fourth-order valence-corrected chi connectivity index (χ4v) is 5.73. The number of carboxylic acids is 1. The molecule has 1 aliphatic carbocycles. The molecule has 1 aromatic heterocycles. The Balaban J connectivity index is 1.15. The first-order valence-corrected chi connectivity index (χ1v) is 18.1. The second kappa shape index (κ2) is 17.5. The zero-order valence-electron chi connectivity index (χ0n) is 31.0. The number of likely N-dealkylation sites (tertiary alicyclic amines) is 1. The van der Waals surface area contributed by atoms with Gasteiger partial charge in [0.05, 0.1) is 5.54 Å². The van der Waals surface area contributed by atoms with E-state index in [1.165, 1.54) is 29.2 Å². The normalized spacial score (nSPS) is 15.7. The van der Waals surface area contributed by atoms with E-state index in [0.717, 1.165) is 5.56 Å². The van der Waals surface area contributed by atoms with E-state index in [4.69, 9.17) is 21.1 Å². The lowest BCUT2D eigenvalue weighted by Gasteiger charge is -2.33. The van der Waals surface area contributed by atoms with Gasteiger partial charge in [0.2, 0.25) is 11.9 Å². The van der Waals surface area contributed by atoms with Gasteiger partial charge in [-0.1, -0.05) is 23.7 Å². The van der Waals surface area contributed by atoms with E-state index in [9.17, 15) is 42.3 Å². The van der Waals surface area contributed by atoms with Crippen LogP contribution < -0.4 is 31.3 Å². The molecule has 1 saturated carbocycles. The largest absolute Gasteiger partial charge is 0.480 e. The van der Waals surface area contributed by atoms with Crippen molar-refractivity contribution in [3.05, 3.63) is 64.7 Å². The fourth-order valence-electron chi connectivity index (χ4n) is 5.61. The number of carbonyl (C=O) groups excluding carboxylic acids is 4. The molecule has 0 bridgehead atoms. The summed E-state index contributed by atoms with van der Waals surface area (Å²) >= 11 is 6.02. The van der Waals surface area contributed by atoms with Crippen molar-refractivity contribution in [3.8, 4) is 6.01 Å². The Morgan fingerprint density at radius 1 is 0.930 bits per heavy atom. The molecule has 2 aliphatic rings. The number of benzene rings is 2. The summed E-state index contributed by atoms with van der Waals surface area (Å²) in [5.41, 5.74) is -0.0534. The molecule has 1 atom stereocenters. The average molecular weight is 820 g/mol. The summed E-state index contributed by atoms with van der Waals surface area (Å²) in [6.07, 6.45) is -3.01. The van der Waals surface area contributed by atoms with E-state index in [2.05, 4.69) is 41.5 Å². The summed E-state index contributed by atoms with van der Waals surface area (Å²) in [6, 6.07) is 9.94. The number of aromatic nitrogens is 3. The standard InChI is InChI=1S/C36H41ClF3N9O8/c1-34(2,3)57-33(55)49-16-12-24(13-17-49)42-28(52)27(51)41-18-25(29(53)54)44-26(50)20-4-10-23(11-5-20)43-30-45-31(47-32(46-30)56-19-36(38,39)40)48-35(14-15-35)21-6-8-22(37)9-7-21/h4-11,24-25H,12-19H2,1-3H3,(H,41,51)(H,42,52)(H,44,50)(H,53,54)(H2,43,45,46,47,48)/t25-/m0/s1. The Bertz CT molecular complexity index is 1950. The summed E-state index contributed by atoms with van der Waals surface area (Å²) in [4.78, 5) is 75.9. The Morgan fingerprint density at radius 2 is 1.56 bits per heavy atom. The van der Waals surface area contributed by atoms with Gasteiger partial charge < -0.3 is 46.1 Å². The molecule has 2 fully saturated rings. The van der Waals surface area contributed by atoms with E-state index < -0.39 is 78.3 Å². The van der Waals surface area contributed by atoms with Crippen LogP contribution in [0, 0.1) is 0 Å².